The molecule has 0 radical (unpaired) electrons. The third kappa shape index (κ3) is 6.76. The zero-order valence-electron chi connectivity index (χ0n) is 20.7. The molecule has 1 aromatic heterocycles. The average molecular weight is 473 g/mol. The van der Waals surface area contributed by atoms with Crippen LogP contribution in [-0.2, 0) is 11.3 Å². The SMILES string of the molecule is C/C=C/c1ccc(OCC(=O)N(CCC(C)C)c2c(N)n(CCCC)c(=O)[nH]c2=O)c(OC)c1. The Morgan fingerprint density at radius 2 is 2.00 bits per heavy atom. The number of carbonyl (C=O) groups excluding carboxylic acids is 1. The van der Waals surface area contributed by atoms with Gasteiger partial charge in [0.2, 0.25) is 0 Å². The van der Waals surface area contributed by atoms with E-state index in [4.69, 9.17) is 15.2 Å². The predicted octanol–water partition coefficient (Wildman–Crippen LogP) is 3.42. The van der Waals surface area contributed by atoms with Crippen LogP contribution in [0.4, 0.5) is 11.5 Å². The lowest BCUT2D eigenvalue weighted by Gasteiger charge is -2.25. The fourth-order valence-corrected chi connectivity index (χ4v) is 3.44. The lowest BCUT2D eigenvalue weighted by atomic mass is 10.1. The molecule has 0 aliphatic heterocycles. The Kier molecular flexibility index (Phi) is 9.97. The molecular formula is C25H36N4O5. The molecule has 0 aliphatic carbocycles. The van der Waals surface area contributed by atoms with Crippen LogP contribution >= 0.6 is 0 Å². The number of nitrogens with one attached hydrogen (secondary N) is 1. The van der Waals surface area contributed by atoms with Crippen LogP contribution < -0.4 is 31.4 Å². The molecule has 34 heavy (non-hydrogen) atoms. The van der Waals surface area contributed by atoms with Crippen LogP contribution in [0, 0.1) is 5.92 Å². The third-order valence-corrected chi connectivity index (χ3v) is 5.35. The minimum atomic E-state index is -0.694. The number of unbranched alkanes of at least 4 members (excludes halogenated alkanes) is 1. The first-order valence-electron chi connectivity index (χ1n) is 11.6. The van der Waals surface area contributed by atoms with Gasteiger partial charge in [0.15, 0.2) is 23.8 Å². The number of methoxy groups -OCH3 is 1. The Hall–Kier alpha value is -3.49. The van der Waals surface area contributed by atoms with Gasteiger partial charge in [-0.05, 0) is 43.4 Å². The van der Waals surface area contributed by atoms with E-state index in [0.717, 1.165) is 12.0 Å². The molecule has 0 bridgehead atoms. The van der Waals surface area contributed by atoms with E-state index < -0.39 is 17.2 Å². The molecule has 0 atom stereocenters. The topological polar surface area (TPSA) is 120 Å². The summed E-state index contributed by atoms with van der Waals surface area (Å²) in [6.45, 7) is 8.23. The van der Waals surface area contributed by atoms with Crippen LogP contribution in [-0.4, -0.2) is 35.7 Å². The zero-order valence-corrected chi connectivity index (χ0v) is 20.7. The number of aromatic nitrogens is 2. The summed E-state index contributed by atoms with van der Waals surface area (Å²) < 4.78 is 12.5. The lowest BCUT2D eigenvalue weighted by molar-refractivity contribution is -0.120. The van der Waals surface area contributed by atoms with Gasteiger partial charge in [-0.15, -0.1) is 0 Å². The van der Waals surface area contributed by atoms with Crippen molar-refractivity contribution in [3.63, 3.8) is 0 Å². The number of nitrogens with two attached hydrogens (primary N) is 1. The number of aromatic amines is 1. The molecule has 1 heterocycles. The summed E-state index contributed by atoms with van der Waals surface area (Å²) in [6.07, 6.45) is 6.03. The molecule has 0 fully saturated rings. The zero-order chi connectivity index (χ0) is 25.3. The first-order valence-corrected chi connectivity index (χ1v) is 11.6. The van der Waals surface area contributed by atoms with E-state index in [1.54, 1.807) is 6.07 Å². The van der Waals surface area contributed by atoms with Crippen molar-refractivity contribution in [3.8, 4) is 11.5 Å². The monoisotopic (exact) mass is 472 g/mol. The first-order chi connectivity index (χ1) is 16.2. The minimum absolute atomic E-state index is 0.0207. The van der Waals surface area contributed by atoms with Gasteiger partial charge in [-0.2, -0.15) is 0 Å². The van der Waals surface area contributed by atoms with Crippen molar-refractivity contribution in [2.75, 3.05) is 30.9 Å². The number of anilines is 2. The number of nitrogen functional groups attached to an aromatic ring is 1. The van der Waals surface area contributed by atoms with Gasteiger partial charge in [-0.1, -0.05) is 45.4 Å². The summed E-state index contributed by atoms with van der Waals surface area (Å²) in [4.78, 5) is 41.9. The van der Waals surface area contributed by atoms with Crippen molar-refractivity contribution in [2.45, 2.75) is 53.5 Å². The van der Waals surface area contributed by atoms with Gasteiger partial charge in [0.05, 0.1) is 7.11 Å². The van der Waals surface area contributed by atoms with Gasteiger partial charge in [-0.3, -0.25) is 19.1 Å². The van der Waals surface area contributed by atoms with E-state index in [1.807, 2.05) is 52.0 Å². The number of hydrogen-bond donors (Lipinski definition) is 2. The first kappa shape index (κ1) is 26.8. The van der Waals surface area contributed by atoms with Gasteiger partial charge < -0.3 is 20.1 Å². The lowest BCUT2D eigenvalue weighted by Crippen LogP contribution is -2.43. The summed E-state index contributed by atoms with van der Waals surface area (Å²) in [7, 11) is 1.53. The summed E-state index contributed by atoms with van der Waals surface area (Å²) in [5.41, 5.74) is 5.88. The summed E-state index contributed by atoms with van der Waals surface area (Å²) in [5.74, 6) is 0.706. The van der Waals surface area contributed by atoms with E-state index in [1.165, 1.54) is 16.6 Å². The maximum atomic E-state index is 13.3. The molecule has 0 saturated heterocycles. The Morgan fingerprint density at radius 3 is 2.62 bits per heavy atom. The summed E-state index contributed by atoms with van der Waals surface area (Å²) >= 11 is 0. The molecule has 0 saturated carbocycles. The molecule has 0 aliphatic rings. The Labute approximate surface area is 200 Å². The highest BCUT2D eigenvalue weighted by Crippen LogP contribution is 2.29. The van der Waals surface area contributed by atoms with E-state index in [-0.39, 0.29) is 30.6 Å². The second-order valence-corrected chi connectivity index (χ2v) is 8.43. The van der Waals surface area contributed by atoms with Gasteiger partial charge in [0.25, 0.3) is 11.5 Å². The fourth-order valence-electron chi connectivity index (χ4n) is 3.44. The standard InChI is InChI=1S/C25H36N4O5/c1-6-8-13-29-23(26)22(24(31)27-25(29)32)28(14-12-17(3)4)21(30)16-34-19-11-10-18(9-7-2)15-20(19)33-5/h7,9-11,15,17H,6,8,12-14,16,26H2,1-5H3,(H,27,31,32)/b9-7+. The molecule has 3 N–H and O–H groups in total. The number of rotatable bonds is 12. The summed E-state index contributed by atoms with van der Waals surface area (Å²) in [5, 5.41) is 0. The number of H-pyrrole nitrogens is 1. The largest absolute Gasteiger partial charge is 0.493 e. The quantitative estimate of drug-likeness (QED) is 0.488. The van der Waals surface area contributed by atoms with Crippen LogP contribution in [0.5, 0.6) is 11.5 Å². The highest BCUT2D eigenvalue weighted by Gasteiger charge is 2.25. The fraction of sp³-hybridized carbons (Fsp3) is 0.480. The molecule has 1 aromatic carbocycles. The van der Waals surface area contributed by atoms with E-state index in [0.29, 0.717) is 30.9 Å². The van der Waals surface area contributed by atoms with Gasteiger partial charge >= 0.3 is 5.69 Å². The van der Waals surface area contributed by atoms with Crippen LogP contribution in [0.15, 0.2) is 33.9 Å². The summed E-state index contributed by atoms with van der Waals surface area (Å²) in [6, 6.07) is 5.39. The highest BCUT2D eigenvalue weighted by molar-refractivity contribution is 5.96. The van der Waals surface area contributed by atoms with Crippen molar-refractivity contribution in [2.24, 2.45) is 5.92 Å². The smallest absolute Gasteiger partial charge is 0.330 e. The number of allylic oxidation sites excluding steroid dienone is 1. The number of benzene rings is 1. The molecule has 9 nitrogen and oxygen atoms in total. The molecule has 0 spiro atoms. The molecule has 2 aromatic rings. The Morgan fingerprint density at radius 1 is 1.26 bits per heavy atom. The second-order valence-electron chi connectivity index (χ2n) is 8.43. The van der Waals surface area contributed by atoms with Crippen molar-refractivity contribution < 1.29 is 14.3 Å². The molecule has 9 heteroatoms. The number of ether oxygens (including phenoxy) is 2. The van der Waals surface area contributed by atoms with Gasteiger partial charge in [-0.25, -0.2) is 4.79 Å². The van der Waals surface area contributed by atoms with Crippen LogP contribution in [0.3, 0.4) is 0 Å². The average Bonchev–Trinajstić information content (AvgIpc) is 2.79. The predicted molar refractivity (Wildman–Crippen MR) is 136 cm³/mol. The van der Waals surface area contributed by atoms with E-state index >= 15 is 0 Å². The van der Waals surface area contributed by atoms with Crippen molar-refractivity contribution in [3.05, 3.63) is 50.7 Å². The van der Waals surface area contributed by atoms with Crippen LogP contribution in [0.2, 0.25) is 0 Å². The van der Waals surface area contributed by atoms with Crippen molar-refractivity contribution >= 4 is 23.5 Å². The molecule has 1 amide bonds. The van der Waals surface area contributed by atoms with Crippen molar-refractivity contribution in [1.82, 2.24) is 9.55 Å². The van der Waals surface area contributed by atoms with Crippen LogP contribution in [0.1, 0.15) is 52.5 Å². The van der Waals surface area contributed by atoms with E-state index in [9.17, 15) is 14.4 Å². The molecular weight excluding hydrogens is 436 g/mol. The number of nitrogens with zero attached hydrogens (tertiary/aromatic N) is 2. The van der Waals surface area contributed by atoms with Crippen molar-refractivity contribution in [1.29, 1.82) is 0 Å². The molecule has 186 valence electrons. The second kappa shape index (κ2) is 12.7. The minimum Gasteiger partial charge on any atom is -0.493 e. The maximum absolute atomic E-state index is 13.3. The number of amides is 1. The normalized spacial score (nSPS) is 11.2. The van der Waals surface area contributed by atoms with E-state index in [2.05, 4.69) is 4.98 Å². The number of hydrogen-bond acceptors (Lipinski definition) is 6. The Bertz CT molecular complexity index is 1120. The molecule has 0 unspecified atom stereocenters. The third-order valence-electron chi connectivity index (χ3n) is 5.35. The van der Waals surface area contributed by atoms with Crippen LogP contribution in [0.25, 0.3) is 6.08 Å². The van der Waals surface area contributed by atoms with Gasteiger partial charge in [0.1, 0.15) is 5.82 Å². The van der Waals surface area contributed by atoms with Gasteiger partial charge in [0, 0.05) is 13.1 Å². The maximum Gasteiger partial charge on any atom is 0.330 e. The highest BCUT2D eigenvalue weighted by atomic mass is 16.5. The Balaban J connectivity index is 2.38. The molecule has 2 rings (SSSR count). The number of carbonyl (C=O) groups is 1.